The van der Waals surface area contributed by atoms with E-state index in [4.69, 9.17) is 15.9 Å². The van der Waals surface area contributed by atoms with Crippen LogP contribution in [0.5, 0.6) is 0 Å². The molecule has 0 atom stereocenters. The minimum absolute atomic E-state index is 0.177. The number of methoxy groups -OCH3 is 1. The highest BCUT2D eigenvalue weighted by molar-refractivity contribution is 5.87. The fraction of sp³-hybridized carbons (Fsp3) is 0.833. The van der Waals surface area contributed by atoms with Crippen molar-refractivity contribution in [3.05, 3.63) is 0 Å². The Balaban J connectivity index is 2.57. The quantitative estimate of drug-likeness (QED) is 0.420. The monoisotopic (exact) mass is 128 g/mol. The topological polar surface area (TPSA) is 59.1 Å². The lowest BCUT2D eigenvalue weighted by molar-refractivity contribution is -0.0141. The van der Waals surface area contributed by atoms with Crippen LogP contribution in [0.15, 0.2) is 0 Å². The predicted octanol–water partition coefficient (Wildman–Crippen LogP) is 0.491. The fourth-order valence-corrected chi connectivity index (χ4v) is 1.08. The SMILES string of the molecule is COC1(C(=N)N)CCC1. The number of amidine groups is 1. The van der Waals surface area contributed by atoms with E-state index in [9.17, 15) is 0 Å². The highest BCUT2D eigenvalue weighted by atomic mass is 16.5. The number of rotatable bonds is 2. The Morgan fingerprint density at radius 1 is 1.67 bits per heavy atom. The van der Waals surface area contributed by atoms with Gasteiger partial charge in [0.15, 0.2) is 0 Å². The second kappa shape index (κ2) is 1.99. The lowest BCUT2D eigenvalue weighted by atomic mass is 9.79. The summed E-state index contributed by atoms with van der Waals surface area (Å²) >= 11 is 0. The molecule has 0 aromatic heterocycles. The van der Waals surface area contributed by atoms with E-state index in [-0.39, 0.29) is 11.4 Å². The molecule has 1 fully saturated rings. The molecule has 0 unspecified atom stereocenters. The van der Waals surface area contributed by atoms with Gasteiger partial charge in [0, 0.05) is 7.11 Å². The molecule has 1 aliphatic rings. The average molecular weight is 128 g/mol. The summed E-state index contributed by atoms with van der Waals surface area (Å²) in [5.74, 6) is 0.177. The number of nitrogens with two attached hydrogens (primary N) is 1. The van der Waals surface area contributed by atoms with Crippen LogP contribution in [0.25, 0.3) is 0 Å². The molecule has 0 amide bonds. The average Bonchev–Trinajstić information content (AvgIpc) is 1.62. The Morgan fingerprint density at radius 2 is 2.22 bits per heavy atom. The summed E-state index contributed by atoms with van der Waals surface area (Å²) in [5.41, 5.74) is 4.93. The van der Waals surface area contributed by atoms with Crippen molar-refractivity contribution < 1.29 is 4.74 Å². The van der Waals surface area contributed by atoms with Gasteiger partial charge in [0.25, 0.3) is 0 Å². The first-order chi connectivity index (χ1) is 4.21. The van der Waals surface area contributed by atoms with Crippen molar-refractivity contribution in [3.63, 3.8) is 0 Å². The molecule has 0 aromatic rings. The van der Waals surface area contributed by atoms with E-state index in [1.165, 1.54) is 0 Å². The van der Waals surface area contributed by atoms with Crippen molar-refractivity contribution >= 4 is 5.84 Å². The summed E-state index contributed by atoms with van der Waals surface area (Å²) in [4.78, 5) is 0. The van der Waals surface area contributed by atoms with Crippen LogP contribution in [0.3, 0.4) is 0 Å². The summed E-state index contributed by atoms with van der Waals surface area (Å²) in [5, 5.41) is 7.15. The van der Waals surface area contributed by atoms with Gasteiger partial charge in [-0.05, 0) is 19.3 Å². The normalized spacial score (nSPS) is 22.8. The van der Waals surface area contributed by atoms with E-state index < -0.39 is 0 Å². The minimum Gasteiger partial charge on any atom is -0.385 e. The number of ether oxygens (including phenoxy) is 1. The van der Waals surface area contributed by atoms with Gasteiger partial charge in [-0.15, -0.1) is 0 Å². The highest BCUT2D eigenvalue weighted by Crippen LogP contribution is 2.34. The second-order valence-corrected chi connectivity index (χ2v) is 2.47. The van der Waals surface area contributed by atoms with Crippen LogP contribution in [0, 0.1) is 5.41 Å². The van der Waals surface area contributed by atoms with Crippen molar-refractivity contribution in [1.29, 1.82) is 5.41 Å². The van der Waals surface area contributed by atoms with Gasteiger partial charge in [0.05, 0.1) is 0 Å². The van der Waals surface area contributed by atoms with Gasteiger partial charge >= 0.3 is 0 Å². The smallest absolute Gasteiger partial charge is 0.124 e. The standard InChI is InChI=1S/C6H12N2O/c1-9-6(5(7)8)3-2-4-6/h2-4H2,1H3,(H3,7,8). The molecule has 52 valence electrons. The molecule has 9 heavy (non-hydrogen) atoms. The molecule has 0 heterocycles. The molecule has 0 saturated heterocycles. The van der Waals surface area contributed by atoms with Gasteiger partial charge in [-0.25, -0.2) is 0 Å². The first-order valence-electron chi connectivity index (χ1n) is 3.11. The van der Waals surface area contributed by atoms with Crippen LogP contribution >= 0.6 is 0 Å². The molecule has 0 radical (unpaired) electrons. The third-order valence-corrected chi connectivity index (χ3v) is 2.04. The molecule has 0 aromatic carbocycles. The maximum Gasteiger partial charge on any atom is 0.124 e. The summed E-state index contributed by atoms with van der Waals surface area (Å²) in [6, 6.07) is 0. The van der Waals surface area contributed by atoms with Crippen LogP contribution in [0.2, 0.25) is 0 Å². The zero-order chi connectivity index (χ0) is 6.91. The van der Waals surface area contributed by atoms with E-state index in [0.717, 1.165) is 19.3 Å². The highest BCUT2D eigenvalue weighted by Gasteiger charge is 2.40. The molecule has 0 spiro atoms. The Labute approximate surface area is 54.7 Å². The Kier molecular flexibility index (Phi) is 1.45. The van der Waals surface area contributed by atoms with E-state index >= 15 is 0 Å². The molecular formula is C6H12N2O. The third kappa shape index (κ3) is 0.812. The molecule has 3 heteroatoms. The van der Waals surface area contributed by atoms with Gasteiger partial charge in [0.2, 0.25) is 0 Å². The zero-order valence-corrected chi connectivity index (χ0v) is 5.61. The largest absolute Gasteiger partial charge is 0.385 e. The second-order valence-electron chi connectivity index (χ2n) is 2.47. The van der Waals surface area contributed by atoms with E-state index in [0.29, 0.717) is 0 Å². The molecule has 1 aliphatic carbocycles. The van der Waals surface area contributed by atoms with Crippen LogP contribution < -0.4 is 5.73 Å². The maximum atomic E-state index is 7.15. The van der Waals surface area contributed by atoms with Gasteiger partial charge in [0.1, 0.15) is 11.4 Å². The molecule has 1 rings (SSSR count). The fourth-order valence-electron chi connectivity index (χ4n) is 1.08. The van der Waals surface area contributed by atoms with Crippen molar-refractivity contribution in [3.8, 4) is 0 Å². The zero-order valence-electron chi connectivity index (χ0n) is 5.61. The Hall–Kier alpha value is -0.570. The minimum atomic E-state index is -0.375. The van der Waals surface area contributed by atoms with E-state index in [1.807, 2.05) is 0 Å². The molecule has 0 aliphatic heterocycles. The van der Waals surface area contributed by atoms with Crippen molar-refractivity contribution in [1.82, 2.24) is 0 Å². The lowest BCUT2D eigenvalue weighted by Crippen LogP contribution is -2.50. The number of hydrogen-bond donors (Lipinski definition) is 2. The summed E-state index contributed by atoms with van der Waals surface area (Å²) in [6.07, 6.45) is 2.96. The van der Waals surface area contributed by atoms with Crippen LogP contribution in [-0.2, 0) is 4.74 Å². The van der Waals surface area contributed by atoms with Gasteiger partial charge in [-0.1, -0.05) is 0 Å². The Bertz CT molecular complexity index is 124. The summed E-state index contributed by atoms with van der Waals surface area (Å²) < 4.78 is 5.09. The van der Waals surface area contributed by atoms with E-state index in [2.05, 4.69) is 0 Å². The van der Waals surface area contributed by atoms with Gasteiger partial charge in [-0.2, -0.15) is 0 Å². The van der Waals surface area contributed by atoms with Crippen molar-refractivity contribution in [2.75, 3.05) is 7.11 Å². The van der Waals surface area contributed by atoms with Crippen molar-refractivity contribution in [2.45, 2.75) is 24.9 Å². The van der Waals surface area contributed by atoms with Gasteiger partial charge in [-0.3, -0.25) is 5.41 Å². The third-order valence-electron chi connectivity index (χ3n) is 2.04. The summed E-state index contributed by atoms with van der Waals surface area (Å²) in [6.45, 7) is 0. The Morgan fingerprint density at radius 3 is 2.22 bits per heavy atom. The molecule has 1 saturated carbocycles. The van der Waals surface area contributed by atoms with Crippen molar-refractivity contribution in [2.24, 2.45) is 5.73 Å². The lowest BCUT2D eigenvalue weighted by Gasteiger charge is -2.38. The number of hydrogen-bond acceptors (Lipinski definition) is 2. The predicted molar refractivity (Wildman–Crippen MR) is 35.5 cm³/mol. The molecular weight excluding hydrogens is 116 g/mol. The molecule has 0 bridgehead atoms. The maximum absolute atomic E-state index is 7.15. The molecule has 3 N–H and O–H groups in total. The van der Waals surface area contributed by atoms with Crippen LogP contribution in [0.4, 0.5) is 0 Å². The number of nitrogens with one attached hydrogen (secondary N) is 1. The van der Waals surface area contributed by atoms with Crippen LogP contribution in [0.1, 0.15) is 19.3 Å². The molecule has 3 nitrogen and oxygen atoms in total. The van der Waals surface area contributed by atoms with E-state index in [1.54, 1.807) is 7.11 Å². The van der Waals surface area contributed by atoms with Gasteiger partial charge < -0.3 is 10.5 Å². The summed E-state index contributed by atoms with van der Waals surface area (Å²) in [7, 11) is 1.61. The van der Waals surface area contributed by atoms with Crippen LogP contribution in [-0.4, -0.2) is 18.5 Å². The first-order valence-corrected chi connectivity index (χ1v) is 3.11. The first kappa shape index (κ1) is 6.55.